The summed E-state index contributed by atoms with van der Waals surface area (Å²) in [7, 11) is -3.67. The molecule has 1 aliphatic heterocycles. The Morgan fingerprint density at radius 2 is 1.97 bits per heavy atom. The van der Waals surface area contributed by atoms with Crippen molar-refractivity contribution in [1.29, 1.82) is 0 Å². The Hall–Kier alpha value is -3.57. The number of H-pyrrole nitrogens is 1. The molecular formula is C25H27FN4O5S. The number of primary amides is 1. The van der Waals surface area contributed by atoms with E-state index in [1.54, 1.807) is 12.1 Å². The SMILES string of the molecule is CS(=O)(=O)c1cc(C2CCCN(C(Cc3ccc(Oc4ccc(F)cc4)cn3)C(N)=O)C2)c[nH]c1=O. The lowest BCUT2D eigenvalue weighted by Crippen LogP contribution is -2.50. The van der Waals surface area contributed by atoms with Crippen LogP contribution in [0.15, 0.2) is 64.5 Å². The van der Waals surface area contributed by atoms with Gasteiger partial charge in [0.05, 0.1) is 12.2 Å². The topological polar surface area (TPSA) is 135 Å². The third-order valence-electron chi connectivity index (χ3n) is 6.23. The lowest BCUT2D eigenvalue weighted by molar-refractivity contribution is -0.123. The molecule has 3 heterocycles. The van der Waals surface area contributed by atoms with E-state index in [9.17, 15) is 22.4 Å². The number of likely N-dealkylation sites (tertiary alicyclic amines) is 1. The summed E-state index contributed by atoms with van der Waals surface area (Å²) in [5.41, 5.74) is 6.45. The summed E-state index contributed by atoms with van der Waals surface area (Å²) in [6, 6.07) is 9.91. The first kappa shape index (κ1) is 25.5. The monoisotopic (exact) mass is 514 g/mol. The average molecular weight is 515 g/mol. The van der Waals surface area contributed by atoms with Gasteiger partial charge in [-0.2, -0.15) is 0 Å². The first-order valence-electron chi connectivity index (χ1n) is 11.4. The van der Waals surface area contributed by atoms with Crippen molar-refractivity contribution in [3.8, 4) is 11.5 Å². The molecule has 1 amide bonds. The zero-order valence-corrected chi connectivity index (χ0v) is 20.5. The normalized spacial score (nSPS) is 17.4. The third-order valence-corrected chi connectivity index (χ3v) is 7.34. The summed E-state index contributed by atoms with van der Waals surface area (Å²) in [5.74, 6) is 0.0322. The van der Waals surface area contributed by atoms with Crippen LogP contribution in [-0.2, 0) is 21.1 Å². The maximum absolute atomic E-state index is 13.1. The first-order chi connectivity index (χ1) is 17.1. The number of nitrogens with one attached hydrogen (secondary N) is 1. The van der Waals surface area contributed by atoms with Gasteiger partial charge in [0, 0.05) is 31.1 Å². The second-order valence-corrected chi connectivity index (χ2v) is 10.9. The second kappa shape index (κ2) is 10.6. The highest BCUT2D eigenvalue weighted by Gasteiger charge is 2.31. The number of nitrogens with zero attached hydrogens (tertiary/aromatic N) is 2. The summed E-state index contributed by atoms with van der Waals surface area (Å²) >= 11 is 0. The number of rotatable bonds is 8. The molecule has 190 valence electrons. The number of hydrogen-bond acceptors (Lipinski definition) is 7. The predicted molar refractivity (Wildman–Crippen MR) is 131 cm³/mol. The van der Waals surface area contributed by atoms with Crippen molar-refractivity contribution >= 4 is 15.7 Å². The third kappa shape index (κ3) is 6.16. The molecule has 3 aromatic rings. The minimum atomic E-state index is -3.67. The number of amides is 1. The minimum absolute atomic E-state index is 0.0719. The van der Waals surface area contributed by atoms with Crippen LogP contribution in [0, 0.1) is 5.82 Å². The number of hydrogen-bond donors (Lipinski definition) is 2. The molecule has 0 saturated carbocycles. The van der Waals surface area contributed by atoms with Gasteiger partial charge >= 0.3 is 0 Å². The number of carbonyl (C=O) groups is 1. The zero-order chi connectivity index (χ0) is 25.9. The Labute approximate surface area is 208 Å². The molecule has 1 aliphatic rings. The summed E-state index contributed by atoms with van der Waals surface area (Å²) in [6.45, 7) is 1.13. The number of piperidine rings is 1. The Morgan fingerprint density at radius 3 is 2.61 bits per heavy atom. The minimum Gasteiger partial charge on any atom is -0.456 e. The van der Waals surface area contributed by atoms with E-state index >= 15 is 0 Å². The molecule has 0 radical (unpaired) electrons. The van der Waals surface area contributed by atoms with Gasteiger partial charge in [0.2, 0.25) is 5.91 Å². The lowest BCUT2D eigenvalue weighted by atomic mass is 9.90. The number of aromatic amines is 1. The Bertz CT molecular complexity index is 1390. The molecular weight excluding hydrogens is 487 g/mol. The lowest BCUT2D eigenvalue weighted by Gasteiger charge is -2.37. The standard InChI is InChI=1S/C25H27FN4O5S/c1-36(33,34)23-11-17(13-29-25(23)32)16-3-2-10-30(15-16)22(24(27)31)12-19-6-9-21(14-28-19)35-20-7-4-18(26)5-8-20/h4-9,11,13-14,16,22H,2-3,10,12,15H2,1H3,(H2,27,31)(H,29,32). The van der Waals surface area contributed by atoms with Crippen molar-refractivity contribution in [2.75, 3.05) is 19.3 Å². The van der Waals surface area contributed by atoms with Crippen LogP contribution in [0.2, 0.25) is 0 Å². The maximum atomic E-state index is 13.1. The summed E-state index contributed by atoms with van der Waals surface area (Å²) < 4.78 is 42.7. The van der Waals surface area contributed by atoms with E-state index in [0.717, 1.165) is 19.1 Å². The van der Waals surface area contributed by atoms with Crippen LogP contribution < -0.4 is 16.0 Å². The highest BCUT2D eigenvalue weighted by molar-refractivity contribution is 7.90. The fourth-order valence-corrected chi connectivity index (χ4v) is 5.14. The van der Waals surface area contributed by atoms with Gasteiger partial charge in [-0.3, -0.25) is 19.5 Å². The molecule has 9 nitrogen and oxygen atoms in total. The van der Waals surface area contributed by atoms with Crippen LogP contribution in [0.5, 0.6) is 11.5 Å². The number of aromatic nitrogens is 2. The van der Waals surface area contributed by atoms with Gasteiger partial charge in [0.15, 0.2) is 9.84 Å². The number of sulfone groups is 1. The molecule has 36 heavy (non-hydrogen) atoms. The zero-order valence-electron chi connectivity index (χ0n) is 19.7. The Balaban J connectivity index is 1.47. The molecule has 4 rings (SSSR count). The highest BCUT2D eigenvalue weighted by Crippen LogP contribution is 2.29. The van der Waals surface area contributed by atoms with Crippen molar-refractivity contribution in [3.05, 3.63) is 82.3 Å². The quantitative estimate of drug-likeness (QED) is 0.471. The van der Waals surface area contributed by atoms with E-state index in [2.05, 4.69) is 9.97 Å². The van der Waals surface area contributed by atoms with Crippen LogP contribution in [-0.4, -0.2) is 54.6 Å². The number of ether oxygens (including phenoxy) is 1. The molecule has 11 heteroatoms. The van der Waals surface area contributed by atoms with E-state index in [4.69, 9.17) is 10.5 Å². The van der Waals surface area contributed by atoms with Gasteiger partial charge in [-0.25, -0.2) is 12.8 Å². The fraction of sp³-hybridized carbons (Fsp3) is 0.320. The summed E-state index contributed by atoms with van der Waals surface area (Å²) in [6.07, 6.45) is 5.92. The van der Waals surface area contributed by atoms with Crippen molar-refractivity contribution in [1.82, 2.24) is 14.9 Å². The highest BCUT2D eigenvalue weighted by atomic mass is 32.2. The number of nitrogens with two attached hydrogens (primary N) is 1. The van der Waals surface area contributed by atoms with Crippen LogP contribution >= 0.6 is 0 Å². The molecule has 1 fully saturated rings. The second-order valence-electron chi connectivity index (χ2n) is 8.90. The summed E-state index contributed by atoms with van der Waals surface area (Å²) in [5, 5.41) is 0. The Kier molecular flexibility index (Phi) is 7.51. The van der Waals surface area contributed by atoms with Crippen molar-refractivity contribution in [3.63, 3.8) is 0 Å². The van der Waals surface area contributed by atoms with Gasteiger partial charge in [-0.1, -0.05) is 0 Å². The number of halogens is 1. The smallest absolute Gasteiger partial charge is 0.266 e. The van der Waals surface area contributed by atoms with Gasteiger partial charge in [0.25, 0.3) is 5.56 Å². The number of pyridine rings is 2. The van der Waals surface area contributed by atoms with Crippen LogP contribution in [0.25, 0.3) is 0 Å². The molecule has 0 aliphatic carbocycles. The Morgan fingerprint density at radius 1 is 1.25 bits per heavy atom. The van der Waals surface area contributed by atoms with E-state index < -0.39 is 27.3 Å². The van der Waals surface area contributed by atoms with E-state index in [0.29, 0.717) is 42.3 Å². The fourth-order valence-electron chi connectivity index (χ4n) is 4.39. The van der Waals surface area contributed by atoms with E-state index in [1.807, 2.05) is 4.90 Å². The van der Waals surface area contributed by atoms with Crippen LogP contribution in [0.3, 0.4) is 0 Å². The number of benzene rings is 1. The molecule has 3 N–H and O–H groups in total. The van der Waals surface area contributed by atoms with E-state index in [1.165, 1.54) is 42.7 Å². The van der Waals surface area contributed by atoms with Gasteiger partial charge in [0.1, 0.15) is 22.2 Å². The van der Waals surface area contributed by atoms with E-state index in [-0.39, 0.29) is 16.6 Å². The van der Waals surface area contributed by atoms with Gasteiger partial charge in [-0.15, -0.1) is 0 Å². The molecule has 1 saturated heterocycles. The largest absolute Gasteiger partial charge is 0.456 e. The predicted octanol–water partition coefficient (Wildman–Crippen LogP) is 2.38. The maximum Gasteiger partial charge on any atom is 0.266 e. The van der Waals surface area contributed by atoms with Crippen molar-refractivity contribution in [2.24, 2.45) is 5.73 Å². The van der Waals surface area contributed by atoms with Gasteiger partial charge in [-0.05, 0) is 73.3 Å². The molecule has 2 unspecified atom stereocenters. The molecule has 0 spiro atoms. The van der Waals surface area contributed by atoms with Gasteiger partial charge < -0.3 is 15.5 Å². The van der Waals surface area contributed by atoms with Crippen molar-refractivity contribution in [2.45, 2.75) is 36.1 Å². The molecule has 0 bridgehead atoms. The molecule has 2 atom stereocenters. The number of carbonyl (C=O) groups excluding carboxylic acids is 1. The average Bonchev–Trinajstić information content (AvgIpc) is 2.84. The first-order valence-corrected chi connectivity index (χ1v) is 13.3. The summed E-state index contributed by atoms with van der Waals surface area (Å²) in [4.78, 5) is 33.0. The molecule has 1 aromatic carbocycles. The molecule has 2 aromatic heterocycles. The van der Waals surface area contributed by atoms with Crippen molar-refractivity contribution < 1.29 is 22.3 Å². The van der Waals surface area contributed by atoms with Crippen LogP contribution in [0.4, 0.5) is 4.39 Å². The van der Waals surface area contributed by atoms with Crippen LogP contribution in [0.1, 0.15) is 30.0 Å².